The van der Waals surface area contributed by atoms with Gasteiger partial charge in [-0.2, -0.15) is 0 Å². The second-order valence-electron chi connectivity index (χ2n) is 6.83. The van der Waals surface area contributed by atoms with E-state index < -0.39 is 0 Å². The van der Waals surface area contributed by atoms with Crippen LogP contribution in [0.5, 0.6) is 0 Å². The molecule has 1 saturated carbocycles. The van der Waals surface area contributed by atoms with E-state index >= 15 is 0 Å². The van der Waals surface area contributed by atoms with Crippen LogP contribution in [0, 0.1) is 19.8 Å². The molecule has 122 valence electrons. The molecule has 1 aliphatic carbocycles. The molecule has 0 amide bonds. The zero-order valence-electron chi connectivity index (χ0n) is 14.4. The second-order valence-corrected chi connectivity index (χ2v) is 6.83. The van der Waals surface area contributed by atoms with Gasteiger partial charge in [-0.05, 0) is 62.3 Å². The molecule has 0 bridgehead atoms. The summed E-state index contributed by atoms with van der Waals surface area (Å²) < 4.78 is 2.05. The summed E-state index contributed by atoms with van der Waals surface area (Å²) in [7, 11) is 0. The number of aryl methyl sites for hydroxylation is 2. The molecule has 0 aromatic carbocycles. The van der Waals surface area contributed by atoms with E-state index in [1.807, 2.05) is 18.6 Å². The molecule has 4 rings (SSSR count). The Morgan fingerprint density at radius 2 is 1.58 bits per heavy atom. The fraction of sp³-hybridized carbons (Fsp3) is 0.350. The van der Waals surface area contributed by atoms with Gasteiger partial charge in [0.1, 0.15) is 0 Å². The zero-order chi connectivity index (χ0) is 16.7. The van der Waals surface area contributed by atoms with Crippen molar-refractivity contribution in [3.05, 3.63) is 59.8 Å². The van der Waals surface area contributed by atoms with Crippen molar-refractivity contribution in [2.24, 2.45) is 5.92 Å². The lowest BCUT2D eigenvalue weighted by Crippen LogP contribution is -2.04. The molecule has 3 aromatic rings. The smallest absolute Gasteiger partial charge is 0.234 e. The first-order valence-electron chi connectivity index (χ1n) is 8.57. The van der Waals surface area contributed by atoms with Gasteiger partial charge in [0, 0.05) is 35.5 Å². The first-order chi connectivity index (χ1) is 11.6. The topological polar surface area (TPSA) is 43.6 Å². The first-order valence-corrected chi connectivity index (χ1v) is 8.57. The summed E-state index contributed by atoms with van der Waals surface area (Å²) in [5.74, 6) is 2.18. The van der Waals surface area contributed by atoms with Crippen molar-refractivity contribution in [3.8, 4) is 17.2 Å². The number of rotatable bonds is 4. The maximum atomic E-state index is 4.62. The summed E-state index contributed by atoms with van der Waals surface area (Å²) in [6.07, 6.45) is 8.43. The van der Waals surface area contributed by atoms with Crippen LogP contribution in [0.3, 0.4) is 0 Å². The van der Waals surface area contributed by atoms with Gasteiger partial charge in [0.25, 0.3) is 0 Å². The Balaban J connectivity index is 1.58. The summed E-state index contributed by atoms with van der Waals surface area (Å²) in [6, 6.07) is 8.43. The van der Waals surface area contributed by atoms with Crippen molar-refractivity contribution in [2.45, 2.75) is 39.5 Å². The van der Waals surface area contributed by atoms with E-state index in [-0.39, 0.29) is 0 Å². The lowest BCUT2D eigenvalue weighted by Gasteiger charge is -2.11. The van der Waals surface area contributed by atoms with Gasteiger partial charge >= 0.3 is 0 Å². The molecule has 0 unspecified atom stereocenters. The minimum absolute atomic E-state index is 0.616. The largest absolute Gasteiger partial charge is 0.287 e. The van der Waals surface area contributed by atoms with Crippen molar-refractivity contribution < 1.29 is 0 Å². The number of pyridine rings is 1. The summed E-state index contributed by atoms with van der Waals surface area (Å²) in [4.78, 5) is 13.7. The Morgan fingerprint density at radius 1 is 0.917 bits per heavy atom. The number of aromatic nitrogens is 4. The fourth-order valence-corrected chi connectivity index (χ4v) is 3.27. The van der Waals surface area contributed by atoms with Crippen LogP contribution in [0.15, 0.2) is 42.9 Å². The molecule has 4 nitrogen and oxygen atoms in total. The minimum Gasteiger partial charge on any atom is -0.287 e. The molecule has 0 aliphatic heterocycles. The van der Waals surface area contributed by atoms with E-state index in [1.54, 1.807) is 0 Å². The van der Waals surface area contributed by atoms with Gasteiger partial charge in [-0.3, -0.25) is 9.55 Å². The van der Waals surface area contributed by atoms with Crippen LogP contribution in [0.1, 0.15) is 42.6 Å². The van der Waals surface area contributed by atoms with Crippen LogP contribution in [-0.2, 0) is 0 Å². The third-order valence-corrected chi connectivity index (χ3v) is 5.05. The maximum Gasteiger partial charge on any atom is 0.234 e. The van der Waals surface area contributed by atoms with Crippen molar-refractivity contribution in [3.63, 3.8) is 0 Å². The molecule has 0 N–H and O–H groups in total. The molecule has 3 heterocycles. The number of hydrogen-bond acceptors (Lipinski definition) is 3. The molecule has 1 atom stereocenters. The molecule has 3 aromatic heterocycles. The van der Waals surface area contributed by atoms with E-state index in [4.69, 9.17) is 0 Å². The Hall–Kier alpha value is -2.49. The highest BCUT2D eigenvalue weighted by Crippen LogP contribution is 2.42. The van der Waals surface area contributed by atoms with Gasteiger partial charge in [-0.1, -0.05) is 13.0 Å². The zero-order valence-corrected chi connectivity index (χ0v) is 14.4. The second kappa shape index (κ2) is 5.86. The normalized spacial score (nSPS) is 15.5. The van der Waals surface area contributed by atoms with Crippen molar-refractivity contribution in [2.75, 3.05) is 0 Å². The lowest BCUT2D eigenvalue weighted by atomic mass is 9.97. The predicted octanol–water partition coefficient (Wildman–Crippen LogP) is 4.46. The number of hydrogen-bond donors (Lipinski definition) is 0. The highest BCUT2D eigenvalue weighted by Gasteiger charge is 2.28. The molecule has 0 saturated heterocycles. The van der Waals surface area contributed by atoms with E-state index in [0.29, 0.717) is 11.9 Å². The Morgan fingerprint density at radius 3 is 2.12 bits per heavy atom. The Bertz CT molecular complexity index is 823. The van der Waals surface area contributed by atoms with E-state index in [1.165, 1.54) is 18.4 Å². The fourth-order valence-electron chi connectivity index (χ4n) is 3.27. The van der Waals surface area contributed by atoms with E-state index in [2.05, 4.69) is 64.6 Å². The van der Waals surface area contributed by atoms with Crippen molar-refractivity contribution in [1.29, 1.82) is 0 Å². The van der Waals surface area contributed by atoms with Crippen LogP contribution in [0.2, 0.25) is 0 Å². The predicted molar refractivity (Wildman–Crippen MR) is 95.2 cm³/mol. The third kappa shape index (κ3) is 2.73. The summed E-state index contributed by atoms with van der Waals surface area (Å²) in [6.45, 7) is 6.42. The minimum atomic E-state index is 0.616. The first kappa shape index (κ1) is 15.1. The molecular weight excluding hydrogens is 296 g/mol. The average Bonchev–Trinajstić information content (AvgIpc) is 3.40. The van der Waals surface area contributed by atoms with Crippen LogP contribution in [0.25, 0.3) is 17.2 Å². The SMILES string of the molecule is Cc1ccc(C)n1-c1ncc(-c2ccc([C@@H](C)C3CC3)cn2)cn1. The Kier molecular flexibility index (Phi) is 3.68. The van der Waals surface area contributed by atoms with Crippen LogP contribution >= 0.6 is 0 Å². The highest BCUT2D eigenvalue weighted by molar-refractivity contribution is 5.57. The summed E-state index contributed by atoms with van der Waals surface area (Å²) >= 11 is 0. The van der Waals surface area contributed by atoms with Crippen LogP contribution < -0.4 is 0 Å². The van der Waals surface area contributed by atoms with Gasteiger partial charge < -0.3 is 0 Å². The maximum absolute atomic E-state index is 4.62. The van der Waals surface area contributed by atoms with E-state index in [0.717, 1.165) is 28.6 Å². The molecule has 4 heteroatoms. The highest BCUT2D eigenvalue weighted by atomic mass is 15.2. The van der Waals surface area contributed by atoms with Crippen molar-refractivity contribution in [1.82, 2.24) is 19.5 Å². The molecule has 24 heavy (non-hydrogen) atoms. The van der Waals surface area contributed by atoms with Gasteiger partial charge in [0.05, 0.1) is 5.69 Å². The van der Waals surface area contributed by atoms with Crippen LogP contribution in [0.4, 0.5) is 0 Å². The molecular formula is C20H22N4. The Labute approximate surface area is 142 Å². The quantitative estimate of drug-likeness (QED) is 0.713. The van der Waals surface area contributed by atoms with Gasteiger partial charge in [0.15, 0.2) is 0 Å². The van der Waals surface area contributed by atoms with Crippen molar-refractivity contribution >= 4 is 0 Å². The monoisotopic (exact) mass is 318 g/mol. The lowest BCUT2D eigenvalue weighted by molar-refractivity contribution is 0.661. The molecule has 0 radical (unpaired) electrons. The van der Waals surface area contributed by atoms with Crippen LogP contribution in [-0.4, -0.2) is 19.5 Å². The molecule has 1 aliphatic rings. The average molecular weight is 318 g/mol. The summed E-state index contributed by atoms with van der Waals surface area (Å²) in [5, 5.41) is 0. The standard InChI is InChI=1S/C20H22N4/c1-13-4-5-14(2)24(13)20-22-11-18(12-23-20)19-9-8-17(10-21-19)15(3)16-6-7-16/h4-5,8-12,15-16H,6-7H2,1-3H3/t15-/m0/s1. The molecule has 0 spiro atoms. The molecule has 1 fully saturated rings. The number of nitrogens with zero attached hydrogens (tertiary/aromatic N) is 4. The van der Waals surface area contributed by atoms with Gasteiger partial charge in [0.2, 0.25) is 5.95 Å². The van der Waals surface area contributed by atoms with Gasteiger partial charge in [-0.15, -0.1) is 0 Å². The third-order valence-electron chi connectivity index (χ3n) is 5.05. The summed E-state index contributed by atoms with van der Waals surface area (Å²) in [5.41, 5.74) is 5.48. The van der Waals surface area contributed by atoms with E-state index in [9.17, 15) is 0 Å². The van der Waals surface area contributed by atoms with Gasteiger partial charge in [-0.25, -0.2) is 9.97 Å².